The molecular formula is C42H53O14P. The van der Waals surface area contributed by atoms with Gasteiger partial charge in [-0.3, -0.25) is 4.52 Å². The van der Waals surface area contributed by atoms with Crippen molar-refractivity contribution in [2.24, 2.45) is 0 Å². The summed E-state index contributed by atoms with van der Waals surface area (Å²) in [5.41, 5.74) is -1.26. The highest BCUT2D eigenvalue weighted by molar-refractivity contribution is 7.71. The summed E-state index contributed by atoms with van der Waals surface area (Å²) < 4.78 is 52.7. The Balaban J connectivity index is 1.60. The molecule has 1 aliphatic heterocycles. The molecule has 0 saturated carbocycles. The van der Waals surface area contributed by atoms with Crippen molar-refractivity contribution in [1.29, 1.82) is 0 Å². The number of aliphatic hydroxyl groups excluding tert-OH is 2. The maximum atomic E-state index is 14.0. The molecule has 0 aliphatic carbocycles. The first-order valence-electron chi connectivity index (χ1n) is 19.5. The molecule has 0 amide bonds. The molecule has 3 aromatic rings. The summed E-state index contributed by atoms with van der Waals surface area (Å²) >= 11 is 0. The van der Waals surface area contributed by atoms with Gasteiger partial charge in [0.1, 0.15) is 0 Å². The lowest BCUT2D eigenvalue weighted by Crippen LogP contribution is -2.64. The number of ether oxygens (including phenoxy) is 5. The van der Waals surface area contributed by atoms with Crippen LogP contribution in [0.4, 0.5) is 4.79 Å². The number of unbranched alkanes of at least 4 members (excludes halogenated alkanes) is 9. The van der Waals surface area contributed by atoms with Crippen LogP contribution in [0.1, 0.15) is 109 Å². The first-order valence-corrected chi connectivity index (χ1v) is 21.0. The fourth-order valence-electron chi connectivity index (χ4n) is 6.08. The maximum absolute atomic E-state index is 14.0. The number of aliphatic hydroxyl groups is 2. The van der Waals surface area contributed by atoms with Crippen LogP contribution in [0.3, 0.4) is 0 Å². The number of esters is 3. The van der Waals surface area contributed by atoms with Gasteiger partial charge in [0.2, 0.25) is 0 Å². The number of carbonyl (C=O) groups excluding carboxylic acids is 4. The van der Waals surface area contributed by atoms with E-state index in [1.165, 1.54) is 69.0 Å². The van der Waals surface area contributed by atoms with E-state index in [1.807, 2.05) is 0 Å². The van der Waals surface area contributed by atoms with Gasteiger partial charge in [0.25, 0.3) is 0 Å². The van der Waals surface area contributed by atoms with Crippen LogP contribution in [-0.4, -0.2) is 84.0 Å². The molecule has 310 valence electrons. The van der Waals surface area contributed by atoms with Crippen molar-refractivity contribution >= 4 is 31.2 Å². The largest absolute Gasteiger partial charge is 0.457 e. The summed E-state index contributed by atoms with van der Waals surface area (Å²) in [5.74, 6) is -2.94. The van der Waals surface area contributed by atoms with Gasteiger partial charge in [-0.15, -0.1) is 0 Å². The van der Waals surface area contributed by atoms with E-state index in [9.17, 15) is 34.0 Å². The van der Waals surface area contributed by atoms with E-state index in [1.54, 1.807) is 54.6 Å². The second-order valence-electron chi connectivity index (χ2n) is 13.4. The van der Waals surface area contributed by atoms with Gasteiger partial charge in [-0.05, 0) is 49.7 Å². The van der Waals surface area contributed by atoms with Crippen LogP contribution in [-0.2, 0) is 37.3 Å². The monoisotopic (exact) mass is 812 g/mol. The lowest BCUT2D eigenvalue weighted by molar-refractivity contribution is -0.311. The maximum Gasteiger partial charge on any atom is 0.440 e. The summed E-state index contributed by atoms with van der Waals surface area (Å²) in [6, 6.07) is 23.0. The van der Waals surface area contributed by atoms with Crippen LogP contribution in [0.25, 0.3) is 0 Å². The minimum atomic E-state index is -4.94. The molecule has 1 heterocycles. The smallest absolute Gasteiger partial charge is 0.440 e. The van der Waals surface area contributed by atoms with E-state index in [2.05, 4.69) is 6.92 Å². The van der Waals surface area contributed by atoms with Crippen LogP contribution < -0.4 is 0 Å². The van der Waals surface area contributed by atoms with Crippen molar-refractivity contribution < 1.29 is 66.7 Å². The SMILES string of the molecule is CCCCCCCCCCCCOP(=O)(OC(O)[C@H]1O[C@H](O)[C@H](OC(=O)c2ccccc2)[C@@H](OC(=O)c2ccccc2)[C@@H]1OC(=O)c1ccccc1)C(=O)OCC. The van der Waals surface area contributed by atoms with E-state index < -0.39 is 68.2 Å². The lowest BCUT2D eigenvalue weighted by atomic mass is 9.97. The summed E-state index contributed by atoms with van der Waals surface area (Å²) in [4.78, 5) is 53.4. The van der Waals surface area contributed by atoms with Gasteiger partial charge in [-0.2, -0.15) is 0 Å². The molecule has 2 N–H and O–H groups in total. The van der Waals surface area contributed by atoms with Crippen molar-refractivity contribution in [3.05, 3.63) is 108 Å². The van der Waals surface area contributed by atoms with Gasteiger partial charge in [-0.25, -0.2) is 23.7 Å². The minimum absolute atomic E-state index is 0.0285. The van der Waals surface area contributed by atoms with E-state index in [-0.39, 0.29) is 29.9 Å². The summed E-state index contributed by atoms with van der Waals surface area (Å²) in [6.45, 7) is 3.26. The highest BCUT2D eigenvalue weighted by Gasteiger charge is 2.56. The van der Waals surface area contributed by atoms with Gasteiger partial charge < -0.3 is 38.4 Å². The molecule has 0 spiro atoms. The van der Waals surface area contributed by atoms with Crippen molar-refractivity contribution in [3.8, 4) is 0 Å². The fourth-order valence-corrected chi connectivity index (χ4v) is 7.39. The average molecular weight is 813 g/mol. The van der Waals surface area contributed by atoms with Crippen molar-refractivity contribution in [3.63, 3.8) is 0 Å². The normalized spacial score (nSPS) is 20.7. The Kier molecular flexibility index (Phi) is 18.8. The molecule has 14 nitrogen and oxygen atoms in total. The zero-order valence-corrected chi connectivity index (χ0v) is 33.2. The number of carbonyl (C=O) groups is 4. The molecule has 57 heavy (non-hydrogen) atoms. The van der Waals surface area contributed by atoms with Gasteiger partial charge in [0, 0.05) is 0 Å². The Morgan fingerprint density at radius 2 is 1.05 bits per heavy atom. The predicted molar refractivity (Wildman–Crippen MR) is 207 cm³/mol. The van der Waals surface area contributed by atoms with Gasteiger partial charge in [0.05, 0.1) is 29.9 Å². The van der Waals surface area contributed by atoms with Gasteiger partial charge in [0.15, 0.2) is 37.0 Å². The summed E-state index contributed by atoms with van der Waals surface area (Å²) in [5, 5.41) is 22.9. The van der Waals surface area contributed by atoms with Gasteiger partial charge in [-0.1, -0.05) is 119 Å². The second kappa shape index (κ2) is 23.7. The van der Waals surface area contributed by atoms with Gasteiger partial charge >= 0.3 is 31.2 Å². The molecular weight excluding hydrogens is 759 g/mol. The first-order chi connectivity index (χ1) is 27.6. The van der Waals surface area contributed by atoms with Crippen molar-refractivity contribution in [2.75, 3.05) is 13.2 Å². The number of hydrogen-bond acceptors (Lipinski definition) is 14. The van der Waals surface area contributed by atoms with E-state index in [0.29, 0.717) is 12.8 Å². The minimum Gasteiger partial charge on any atom is -0.457 e. The van der Waals surface area contributed by atoms with E-state index >= 15 is 0 Å². The summed E-state index contributed by atoms with van der Waals surface area (Å²) in [7, 11) is -4.94. The molecule has 1 saturated heterocycles. The molecule has 4 rings (SSSR count). The fraction of sp³-hybridized carbons (Fsp3) is 0.476. The topological polar surface area (TPSA) is 190 Å². The molecule has 2 unspecified atom stereocenters. The molecule has 0 radical (unpaired) electrons. The van der Waals surface area contributed by atoms with Crippen LogP contribution in [0, 0.1) is 0 Å². The Morgan fingerprint density at radius 3 is 1.51 bits per heavy atom. The molecule has 0 aromatic heterocycles. The molecule has 1 fully saturated rings. The lowest BCUT2D eigenvalue weighted by Gasteiger charge is -2.44. The third-order valence-electron chi connectivity index (χ3n) is 9.09. The highest BCUT2D eigenvalue weighted by Crippen LogP contribution is 2.52. The molecule has 0 bridgehead atoms. The van der Waals surface area contributed by atoms with Crippen LogP contribution in [0.5, 0.6) is 0 Å². The Labute approximate surface area is 333 Å². The number of hydrogen-bond donors (Lipinski definition) is 2. The van der Waals surface area contributed by atoms with E-state index in [4.69, 9.17) is 32.7 Å². The molecule has 7 atom stereocenters. The van der Waals surface area contributed by atoms with E-state index in [0.717, 1.165) is 25.7 Å². The number of benzene rings is 3. The predicted octanol–water partition coefficient (Wildman–Crippen LogP) is 8.00. The first kappa shape index (κ1) is 45.3. The van der Waals surface area contributed by atoms with Crippen LogP contribution in [0.15, 0.2) is 91.0 Å². The number of rotatable bonds is 23. The quantitative estimate of drug-likeness (QED) is 0.0308. The highest BCUT2D eigenvalue weighted by atomic mass is 31.2. The molecule has 15 heteroatoms. The molecule has 3 aromatic carbocycles. The standard InChI is InChI=1S/C42H53O14P/c1-3-5-6-7-8-9-10-11-12-22-29-51-57(49,42(48)50-4-2)56-41(47)36-34(53-38(44)31-25-18-14-19-26-31)33(52-37(43)30-23-16-13-17-24-30)35(40(46)55-36)54-39(45)32-27-20-15-21-28-32/h13-21,23-28,33-36,40-41,46-47H,3-12,22,29H2,1-2H3/t33-,34-,35+,36-,40-,41?,57?/m0/s1. The Hall–Kier alpha value is -4.43. The van der Waals surface area contributed by atoms with Crippen molar-refractivity contribution in [2.45, 2.75) is 115 Å². The molecule has 1 aliphatic rings. The average Bonchev–Trinajstić information content (AvgIpc) is 3.22. The zero-order chi connectivity index (χ0) is 41.0. The Morgan fingerprint density at radius 1 is 0.632 bits per heavy atom. The van der Waals surface area contributed by atoms with Crippen molar-refractivity contribution in [1.82, 2.24) is 0 Å². The summed E-state index contributed by atoms with van der Waals surface area (Å²) in [6.07, 6.45) is -2.14. The third kappa shape index (κ3) is 13.9. The Bertz CT molecular complexity index is 1720. The van der Waals surface area contributed by atoms with Crippen LogP contribution >= 0.6 is 7.60 Å². The zero-order valence-electron chi connectivity index (χ0n) is 32.4. The second-order valence-corrected chi connectivity index (χ2v) is 15.2. The third-order valence-corrected chi connectivity index (χ3v) is 10.7. The van der Waals surface area contributed by atoms with Crippen LogP contribution in [0.2, 0.25) is 0 Å².